The highest BCUT2D eigenvalue weighted by Crippen LogP contribution is 2.26. The first-order valence-corrected chi connectivity index (χ1v) is 8.58. The van der Waals surface area contributed by atoms with Crippen molar-refractivity contribution in [2.45, 2.75) is 11.8 Å². The van der Waals surface area contributed by atoms with Crippen LogP contribution in [-0.4, -0.2) is 31.9 Å². The van der Waals surface area contributed by atoms with Gasteiger partial charge in [-0.1, -0.05) is 13.0 Å². The van der Waals surface area contributed by atoms with Crippen molar-refractivity contribution in [3.63, 3.8) is 0 Å². The van der Waals surface area contributed by atoms with Crippen LogP contribution in [0, 0.1) is 21.8 Å². The molecule has 0 aromatic heterocycles. The van der Waals surface area contributed by atoms with E-state index in [1.807, 2.05) is 13.2 Å². The molecule has 1 aromatic carbocycles. The number of nitro benzene ring substituents is 1. The van der Waals surface area contributed by atoms with Crippen molar-refractivity contribution >= 4 is 27.5 Å². The molecule has 0 fully saturated rings. The molecule has 112 valence electrons. The van der Waals surface area contributed by atoms with E-state index in [-0.39, 0.29) is 12.5 Å². The molecule has 0 saturated heterocycles. The van der Waals surface area contributed by atoms with Crippen LogP contribution in [0.25, 0.3) is 0 Å². The van der Waals surface area contributed by atoms with Gasteiger partial charge in [-0.25, -0.2) is 13.1 Å². The third-order valence-electron chi connectivity index (χ3n) is 2.49. The second kappa shape index (κ2) is 7.00. The molecule has 1 N–H and O–H groups in total. The highest BCUT2D eigenvalue weighted by molar-refractivity contribution is 7.98. The average molecular weight is 322 g/mol. The first-order chi connectivity index (χ1) is 9.29. The van der Waals surface area contributed by atoms with Crippen LogP contribution in [0.1, 0.15) is 6.92 Å². The van der Waals surface area contributed by atoms with E-state index >= 15 is 0 Å². The molecule has 20 heavy (non-hydrogen) atoms. The smallest absolute Gasteiger partial charge is 0.258 e. The van der Waals surface area contributed by atoms with Gasteiger partial charge >= 0.3 is 5.69 Å². The first kappa shape index (κ1) is 16.9. The van der Waals surface area contributed by atoms with Crippen molar-refractivity contribution in [1.29, 1.82) is 0 Å². The summed E-state index contributed by atoms with van der Waals surface area (Å²) in [5.74, 6) is -0.365. The molecule has 0 aliphatic heterocycles. The minimum absolute atomic E-state index is 0.0624. The fraction of sp³-hybridized carbons (Fsp3) is 0.455. The predicted molar refractivity (Wildman–Crippen MR) is 75.8 cm³/mol. The summed E-state index contributed by atoms with van der Waals surface area (Å²) in [6.45, 7) is 1.98. The Bertz CT molecular complexity index is 592. The Balaban J connectivity index is 3.04. The molecule has 0 bridgehead atoms. The number of hydrogen-bond acceptors (Lipinski definition) is 5. The summed E-state index contributed by atoms with van der Waals surface area (Å²) in [5.41, 5.74) is -1.03. The Hall–Kier alpha value is -1.19. The monoisotopic (exact) mass is 322 g/mol. The molecule has 9 heteroatoms. The van der Waals surface area contributed by atoms with Crippen molar-refractivity contribution in [3.8, 4) is 0 Å². The van der Waals surface area contributed by atoms with Gasteiger partial charge in [-0.15, -0.1) is 0 Å². The van der Waals surface area contributed by atoms with Crippen molar-refractivity contribution in [2.24, 2.45) is 5.92 Å². The maximum Gasteiger partial charge on any atom is 0.324 e. The maximum absolute atomic E-state index is 13.4. The third-order valence-corrected chi connectivity index (χ3v) is 4.85. The largest absolute Gasteiger partial charge is 0.324 e. The average Bonchev–Trinajstić information content (AvgIpc) is 2.36. The molecule has 1 rings (SSSR count). The van der Waals surface area contributed by atoms with Crippen LogP contribution >= 0.6 is 11.8 Å². The summed E-state index contributed by atoms with van der Waals surface area (Å²) in [6.07, 6.45) is 1.89. The van der Waals surface area contributed by atoms with Gasteiger partial charge in [-0.3, -0.25) is 10.1 Å². The quantitative estimate of drug-likeness (QED) is 0.612. The molecule has 0 aliphatic rings. The van der Waals surface area contributed by atoms with E-state index in [9.17, 15) is 22.9 Å². The Morgan fingerprint density at radius 3 is 2.70 bits per heavy atom. The van der Waals surface area contributed by atoms with Crippen molar-refractivity contribution in [2.75, 3.05) is 18.6 Å². The molecule has 6 nitrogen and oxygen atoms in total. The van der Waals surface area contributed by atoms with Crippen LogP contribution in [0.2, 0.25) is 0 Å². The Morgan fingerprint density at radius 2 is 2.15 bits per heavy atom. The third kappa shape index (κ3) is 4.15. The molecular formula is C11H15FN2O4S2. The molecular weight excluding hydrogens is 307 g/mol. The number of nitrogens with zero attached hydrogens (tertiary/aromatic N) is 1. The van der Waals surface area contributed by atoms with Crippen molar-refractivity contribution in [1.82, 2.24) is 4.72 Å². The van der Waals surface area contributed by atoms with Gasteiger partial charge in [-0.2, -0.15) is 16.2 Å². The Kier molecular flexibility index (Phi) is 5.90. The second-order valence-electron chi connectivity index (χ2n) is 4.26. The van der Waals surface area contributed by atoms with Crippen LogP contribution in [0.3, 0.4) is 0 Å². The van der Waals surface area contributed by atoms with Gasteiger partial charge in [-0.05, 0) is 30.1 Å². The predicted octanol–water partition coefficient (Wildman–Crippen LogP) is 2.01. The van der Waals surface area contributed by atoms with Gasteiger partial charge in [0, 0.05) is 6.54 Å². The van der Waals surface area contributed by atoms with Gasteiger partial charge in [0.15, 0.2) is 4.90 Å². The number of benzene rings is 1. The summed E-state index contributed by atoms with van der Waals surface area (Å²) < 4.78 is 39.7. The minimum atomic E-state index is -4.11. The molecule has 0 amide bonds. The summed E-state index contributed by atoms with van der Waals surface area (Å²) in [6, 6.07) is 3.00. The summed E-state index contributed by atoms with van der Waals surface area (Å²) in [4.78, 5) is 9.11. The zero-order valence-electron chi connectivity index (χ0n) is 11.0. The number of sulfonamides is 1. The Morgan fingerprint density at radius 1 is 1.50 bits per heavy atom. The summed E-state index contributed by atoms with van der Waals surface area (Å²) >= 11 is 1.56. The van der Waals surface area contributed by atoms with Crippen LogP contribution in [0.4, 0.5) is 10.1 Å². The number of thioether (sulfide) groups is 1. The highest BCUT2D eigenvalue weighted by Gasteiger charge is 2.29. The number of hydrogen-bond donors (Lipinski definition) is 1. The molecule has 1 atom stereocenters. The van der Waals surface area contributed by atoms with Crippen LogP contribution in [-0.2, 0) is 10.0 Å². The number of nitrogens with one attached hydrogen (secondary N) is 1. The Labute approximate surface area is 121 Å². The van der Waals surface area contributed by atoms with E-state index in [0.717, 1.165) is 24.0 Å². The topological polar surface area (TPSA) is 89.3 Å². The van der Waals surface area contributed by atoms with E-state index < -0.39 is 31.3 Å². The number of para-hydroxylation sites is 1. The first-order valence-electron chi connectivity index (χ1n) is 5.71. The maximum atomic E-state index is 13.4. The van der Waals surface area contributed by atoms with Gasteiger partial charge in [0.05, 0.1) is 4.92 Å². The van der Waals surface area contributed by atoms with Crippen LogP contribution < -0.4 is 4.72 Å². The second-order valence-corrected chi connectivity index (χ2v) is 6.90. The fourth-order valence-corrected chi connectivity index (χ4v) is 3.59. The van der Waals surface area contributed by atoms with E-state index in [0.29, 0.717) is 0 Å². The summed E-state index contributed by atoms with van der Waals surface area (Å²) in [7, 11) is -4.11. The summed E-state index contributed by atoms with van der Waals surface area (Å²) in [5, 5.41) is 10.8. The van der Waals surface area contributed by atoms with E-state index in [1.54, 1.807) is 11.8 Å². The zero-order valence-corrected chi connectivity index (χ0v) is 12.6. The molecule has 1 unspecified atom stereocenters. The number of rotatable bonds is 7. The van der Waals surface area contributed by atoms with Gasteiger partial charge < -0.3 is 0 Å². The zero-order chi connectivity index (χ0) is 15.3. The molecule has 0 spiro atoms. The number of nitro groups is 1. The van der Waals surface area contributed by atoms with Gasteiger partial charge in [0.2, 0.25) is 15.8 Å². The minimum Gasteiger partial charge on any atom is -0.258 e. The van der Waals surface area contributed by atoms with Gasteiger partial charge in [0.25, 0.3) is 0 Å². The van der Waals surface area contributed by atoms with Crippen molar-refractivity contribution in [3.05, 3.63) is 34.1 Å². The normalized spacial score (nSPS) is 13.2. The van der Waals surface area contributed by atoms with E-state index in [1.165, 1.54) is 0 Å². The fourth-order valence-electron chi connectivity index (χ4n) is 1.56. The van der Waals surface area contributed by atoms with Crippen molar-refractivity contribution < 1.29 is 17.7 Å². The highest BCUT2D eigenvalue weighted by atomic mass is 32.2. The SMILES string of the molecule is CSCC(C)CNS(=O)(=O)c1cccc(F)c1[N+](=O)[O-]. The lowest BCUT2D eigenvalue weighted by Crippen LogP contribution is -2.29. The molecule has 1 aromatic rings. The van der Waals surface area contributed by atoms with Crippen LogP contribution in [0.5, 0.6) is 0 Å². The lowest BCUT2D eigenvalue weighted by atomic mass is 10.2. The molecule has 0 saturated carbocycles. The van der Waals surface area contributed by atoms with E-state index in [4.69, 9.17) is 0 Å². The molecule has 0 aliphatic carbocycles. The molecule has 0 heterocycles. The lowest BCUT2D eigenvalue weighted by molar-refractivity contribution is -0.390. The van der Waals surface area contributed by atoms with Crippen LogP contribution in [0.15, 0.2) is 23.1 Å². The lowest BCUT2D eigenvalue weighted by Gasteiger charge is -2.12. The standard InChI is InChI=1S/C11H15FN2O4S2/c1-8(7-19-2)6-13-20(17,18)10-5-3-4-9(12)11(10)14(15)16/h3-5,8,13H,6-7H2,1-2H3. The van der Waals surface area contributed by atoms with Gasteiger partial charge in [0.1, 0.15) is 0 Å². The van der Waals surface area contributed by atoms with E-state index in [2.05, 4.69) is 4.72 Å². The molecule has 0 radical (unpaired) electrons. The number of halogens is 1.